The van der Waals surface area contributed by atoms with Crippen molar-refractivity contribution in [3.8, 4) is 11.8 Å². The first kappa shape index (κ1) is 20.0. The minimum absolute atomic E-state index is 0.0283. The molecule has 134 valence electrons. The van der Waals surface area contributed by atoms with Crippen LogP contribution in [0.3, 0.4) is 0 Å². The van der Waals surface area contributed by atoms with E-state index < -0.39 is 11.9 Å². The van der Waals surface area contributed by atoms with Crippen molar-refractivity contribution in [2.45, 2.75) is 32.6 Å². The van der Waals surface area contributed by atoms with E-state index >= 15 is 0 Å². The van der Waals surface area contributed by atoms with Crippen molar-refractivity contribution in [1.82, 2.24) is 5.32 Å². The van der Waals surface area contributed by atoms with E-state index in [-0.39, 0.29) is 12.0 Å². The lowest BCUT2D eigenvalue weighted by Gasteiger charge is -2.07. The molecule has 0 unspecified atom stereocenters. The molecule has 0 saturated heterocycles. The second-order valence-electron chi connectivity index (χ2n) is 5.24. The first-order valence-electron chi connectivity index (χ1n) is 8.16. The number of carboxylic acid groups (broad SMARTS) is 1. The summed E-state index contributed by atoms with van der Waals surface area (Å²) in [5.41, 5.74) is 0.544. The van der Waals surface area contributed by atoms with Gasteiger partial charge in [-0.25, -0.2) is 0 Å². The highest BCUT2D eigenvalue weighted by molar-refractivity contribution is 6.06. The van der Waals surface area contributed by atoms with Gasteiger partial charge in [0.2, 0.25) is 0 Å². The number of rotatable bonds is 11. The number of amides is 1. The normalized spacial score (nSPS) is 10.6. The Bertz CT molecular complexity index is 633. The van der Waals surface area contributed by atoms with E-state index in [0.29, 0.717) is 31.0 Å². The molecule has 0 aromatic heterocycles. The second kappa shape index (κ2) is 11.5. The Balaban J connectivity index is 2.40. The fourth-order valence-electron chi connectivity index (χ4n) is 2.00. The van der Waals surface area contributed by atoms with Crippen LogP contribution in [0.2, 0.25) is 0 Å². The quantitative estimate of drug-likeness (QED) is 0.323. The lowest BCUT2D eigenvalue weighted by molar-refractivity contribution is -0.137. The van der Waals surface area contributed by atoms with Gasteiger partial charge in [-0.15, -0.1) is 0 Å². The molecule has 0 spiro atoms. The third-order valence-electron chi connectivity index (χ3n) is 3.25. The minimum atomic E-state index is -0.800. The van der Waals surface area contributed by atoms with E-state index in [1.54, 1.807) is 24.3 Å². The summed E-state index contributed by atoms with van der Waals surface area (Å²) >= 11 is 0. The van der Waals surface area contributed by atoms with Gasteiger partial charge in [-0.3, -0.25) is 9.59 Å². The van der Waals surface area contributed by atoms with Crippen LogP contribution < -0.4 is 15.4 Å². The molecule has 0 bridgehead atoms. The summed E-state index contributed by atoms with van der Waals surface area (Å²) in [6.45, 7) is 3.02. The number of carbonyl (C=O) groups is 2. The molecule has 0 radical (unpaired) electrons. The summed E-state index contributed by atoms with van der Waals surface area (Å²) in [6, 6.07) is 8.74. The molecule has 1 rings (SSSR count). The van der Waals surface area contributed by atoms with Crippen LogP contribution in [0.15, 0.2) is 36.0 Å². The minimum Gasteiger partial charge on any atom is -0.494 e. The number of nitriles is 1. The second-order valence-corrected chi connectivity index (χ2v) is 5.24. The van der Waals surface area contributed by atoms with Crippen LogP contribution in [0.5, 0.6) is 5.75 Å². The number of ether oxygens (including phenoxy) is 1. The number of benzene rings is 1. The average Bonchev–Trinajstić information content (AvgIpc) is 2.59. The van der Waals surface area contributed by atoms with Gasteiger partial charge >= 0.3 is 5.97 Å². The zero-order chi connectivity index (χ0) is 18.5. The molecule has 3 N–H and O–H groups in total. The van der Waals surface area contributed by atoms with Crippen molar-refractivity contribution in [2.75, 3.05) is 18.5 Å². The van der Waals surface area contributed by atoms with Crippen molar-refractivity contribution >= 4 is 17.6 Å². The summed E-state index contributed by atoms with van der Waals surface area (Å²) in [6.07, 6.45) is 3.69. The number of hydrogen-bond donors (Lipinski definition) is 3. The molecule has 0 aliphatic carbocycles. The van der Waals surface area contributed by atoms with Crippen LogP contribution in [0.25, 0.3) is 0 Å². The van der Waals surface area contributed by atoms with Crippen LogP contribution >= 0.6 is 0 Å². The molecule has 0 fully saturated rings. The summed E-state index contributed by atoms with van der Waals surface area (Å²) in [5, 5.41) is 23.2. The molecular formula is C18H23N3O4. The van der Waals surface area contributed by atoms with Gasteiger partial charge < -0.3 is 20.5 Å². The predicted molar refractivity (Wildman–Crippen MR) is 94.0 cm³/mol. The molecule has 25 heavy (non-hydrogen) atoms. The molecule has 0 aliphatic rings. The summed E-state index contributed by atoms with van der Waals surface area (Å²) in [4.78, 5) is 22.4. The van der Waals surface area contributed by atoms with E-state index in [9.17, 15) is 9.59 Å². The third-order valence-corrected chi connectivity index (χ3v) is 3.25. The van der Waals surface area contributed by atoms with Crippen LogP contribution in [0, 0.1) is 11.3 Å². The summed E-state index contributed by atoms with van der Waals surface area (Å²) < 4.78 is 5.32. The molecule has 1 aromatic rings. The first-order valence-corrected chi connectivity index (χ1v) is 8.16. The van der Waals surface area contributed by atoms with Gasteiger partial charge in [0, 0.05) is 24.9 Å². The number of unbranched alkanes of at least 4 members (excludes halogenated alkanes) is 2. The highest BCUT2D eigenvalue weighted by atomic mass is 16.5. The van der Waals surface area contributed by atoms with Gasteiger partial charge in [0.1, 0.15) is 17.4 Å². The van der Waals surface area contributed by atoms with E-state index in [0.717, 1.165) is 12.8 Å². The van der Waals surface area contributed by atoms with Crippen molar-refractivity contribution in [3.05, 3.63) is 36.0 Å². The maximum absolute atomic E-state index is 12.1. The van der Waals surface area contributed by atoms with E-state index in [2.05, 4.69) is 10.6 Å². The zero-order valence-electron chi connectivity index (χ0n) is 14.2. The summed E-state index contributed by atoms with van der Waals surface area (Å²) in [7, 11) is 0. The lowest BCUT2D eigenvalue weighted by atomic mass is 10.2. The van der Waals surface area contributed by atoms with Gasteiger partial charge in [0.15, 0.2) is 0 Å². The van der Waals surface area contributed by atoms with E-state index in [1.165, 1.54) is 6.20 Å². The molecule has 0 heterocycles. The van der Waals surface area contributed by atoms with Crippen LogP contribution in [-0.4, -0.2) is 30.1 Å². The van der Waals surface area contributed by atoms with Crippen LogP contribution in [-0.2, 0) is 9.59 Å². The Kier molecular flexibility index (Phi) is 9.23. The molecule has 0 saturated carbocycles. The third kappa shape index (κ3) is 8.42. The molecule has 0 atom stereocenters. The number of aliphatic carboxylic acids is 1. The topological polar surface area (TPSA) is 111 Å². The lowest BCUT2D eigenvalue weighted by Crippen LogP contribution is -2.17. The number of carboxylic acids is 1. The monoisotopic (exact) mass is 345 g/mol. The molecule has 1 aromatic carbocycles. The maximum atomic E-state index is 12.1. The Labute approximate surface area is 147 Å². The van der Waals surface area contributed by atoms with E-state index in [1.807, 2.05) is 13.0 Å². The number of anilines is 1. The van der Waals surface area contributed by atoms with E-state index in [4.69, 9.17) is 15.1 Å². The van der Waals surface area contributed by atoms with Gasteiger partial charge in [-0.2, -0.15) is 5.26 Å². The smallest absolute Gasteiger partial charge is 0.303 e. The maximum Gasteiger partial charge on any atom is 0.303 e. The summed E-state index contributed by atoms with van der Waals surface area (Å²) in [5.74, 6) is -0.586. The number of hydrogen-bond acceptors (Lipinski definition) is 5. The van der Waals surface area contributed by atoms with Crippen molar-refractivity contribution in [3.63, 3.8) is 0 Å². The number of nitrogens with zero attached hydrogens (tertiary/aromatic N) is 1. The van der Waals surface area contributed by atoms with Crippen molar-refractivity contribution in [2.24, 2.45) is 0 Å². The number of nitrogens with one attached hydrogen (secondary N) is 2. The van der Waals surface area contributed by atoms with Crippen LogP contribution in [0.4, 0.5) is 5.69 Å². The zero-order valence-corrected chi connectivity index (χ0v) is 14.2. The highest BCUT2D eigenvalue weighted by Gasteiger charge is 2.09. The Morgan fingerprint density at radius 1 is 1.24 bits per heavy atom. The predicted octanol–water partition coefficient (Wildman–Crippen LogP) is 2.67. The largest absolute Gasteiger partial charge is 0.494 e. The van der Waals surface area contributed by atoms with Gasteiger partial charge in [-0.1, -0.05) is 6.42 Å². The van der Waals surface area contributed by atoms with Crippen molar-refractivity contribution in [1.29, 1.82) is 5.26 Å². The Hall–Kier alpha value is -3.01. The fraction of sp³-hybridized carbons (Fsp3) is 0.389. The average molecular weight is 345 g/mol. The Morgan fingerprint density at radius 3 is 2.56 bits per heavy atom. The Morgan fingerprint density at radius 2 is 1.96 bits per heavy atom. The SMILES string of the molecule is CCOc1ccc(NC(=O)/C(C#N)=C\NCCCCCC(=O)O)cc1. The van der Waals surface area contributed by atoms with Gasteiger partial charge in [0.25, 0.3) is 5.91 Å². The van der Waals surface area contributed by atoms with Gasteiger partial charge in [-0.05, 0) is 44.0 Å². The highest BCUT2D eigenvalue weighted by Crippen LogP contribution is 2.16. The molecule has 0 aliphatic heterocycles. The number of carbonyl (C=O) groups excluding carboxylic acids is 1. The molecule has 1 amide bonds. The molecule has 7 nitrogen and oxygen atoms in total. The fourth-order valence-corrected chi connectivity index (χ4v) is 2.00. The van der Waals surface area contributed by atoms with Gasteiger partial charge in [0.05, 0.1) is 6.61 Å². The standard InChI is InChI=1S/C18H23N3O4/c1-2-25-16-9-7-15(8-10-16)21-18(24)14(12-19)13-20-11-5-3-4-6-17(22)23/h7-10,13,20H,2-6,11H2,1H3,(H,21,24)(H,22,23)/b14-13-. The molecule has 7 heteroatoms. The first-order chi connectivity index (χ1) is 12.1. The molecular weight excluding hydrogens is 322 g/mol. The van der Waals surface area contributed by atoms with Crippen LogP contribution in [0.1, 0.15) is 32.6 Å². The van der Waals surface area contributed by atoms with Crippen molar-refractivity contribution < 1.29 is 19.4 Å².